The molecule has 150 valence electrons. The molecular weight excluding hydrogens is 464 g/mol. The summed E-state index contributed by atoms with van der Waals surface area (Å²) in [5.74, 6) is 0.219. The van der Waals surface area contributed by atoms with E-state index in [1.54, 1.807) is 48.5 Å². The van der Waals surface area contributed by atoms with E-state index in [9.17, 15) is 4.79 Å². The van der Waals surface area contributed by atoms with E-state index in [4.69, 9.17) is 63.4 Å². The first kappa shape index (κ1) is 22.8. The molecule has 0 unspecified atom stereocenters. The average Bonchev–Trinajstić information content (AvgIpc) is 2.62. The smallest absolute Gasteiger partial charge is 0.254 e. The maximum Gasteiger partial charge on any atom is 0.254 e. The first-order valence-corrected chi connectivity index (χ1v) is 10.0. The van der Waals surface area contributed by atoms with Crippen molar-refractivity contribution in [3.05, 3.63) is 59.1 Å². The van der Waals surface area contributed by atoms with Crippen molar-refractivity contribution < 1.29 is 9.53 Å². The van der Waals surface area contributed by atoms with E-state index in [2.05, 4.69) is 16.0 Å². The minimum absolute atomic E-state index is 0.153. The predicted octanol–water partition coefficient (Wildman–Crippen LogP) is 5.15. The summed E-state index contributed by atoms with van der Waals surface area (Å²) in [5, 5.41) is 8.74. The highest BCUT2D eigenvalue weighted by atomic mass is 35.6. The van der Waals surface area contributed by atoms with Gasteiger partial charge in [0.05, 0.1) is 17.2 Å². The summed E-state index contributed by atoms with van der Waals surface area (Å²) in [6.45, 7) is 2.47. The summed E-state index contributed by atoms with van der Waals surface area (Å²) in [6.07, 6.45) is -1.11. The van der Waals surface area contributed by atoms with E-state index in [1.807, 2.05) is 6.92 Å². The number of amides is 1. The van der Waals surface area contributed by atoms with E-state index in [-0.39, 0.29) is 15.7 Å². The van der Waals surface area contributed by atoms with Crippen LogP contribution in [0, 0.1) is 0 Å². The number of nitrogens with one attached hydrogen (secondary N) is 3. The number of thiocarbonyl (C=S) groups is 1. The molecule has 0 aliphatic carbocycles. The van der Waals surface area contributed by atoms with Crippen LogP contribution in [-0.2, 0) is 0 Å². The van der Waals surface area contributed by atoms with Crippen molar-refractivity contribution in [3.63, 3.8) is 0 Å². The van der Waals surface area contributed by atoms with Crippen LogP contribution in [0.3, 0.4) is 0 Å². The van der Waals surface area contributed by atoms with Crippen molar-refractivity contribution in [1.82, 2.24) is 10.6 Å². The Bertz CT molecular complexity index is 828. The fourth-order valence-corrected chi connectivity index (χ4v) is 2.94. The number of halogens is 4. The molecule has 0 aromatic heterocycles. The molecule has 1 amide bonds. The van der Waals surface area contributed by atoms with Gasteiger partial charge in [-0.15, -0.1) is 0 Å². The van der Waals surface area contributed by atoms with Crippen molar-refractivity contribution in [2.75, 3.05) is 11.9 Å². The highest BCUT2D eigenvalue weighted by Crippen LogP contribution is 2.29. The molecule has 0 aliphatic rings. The van der Waals surface area contributed by atoms with Crippen LogP contribution in [0.1, 0.15) is 17.3 Å². The lowest BCUT2D eigenvalue weighted by Crippen LogP contribution is -2.56. The molecule has 0 bridgehead atoms. The van der Waals surface area contributed by atoms with Crippen molar-refractivity contribution in [2.24, 2.45) is 0 Å². The van der Waals surface area contributed by atoms with E-state index in [1.165, 1.54) is 0 Å². The number of rotatable bonds is 6. The number of anilines is 1. The van der Waals surface area contributed by atoms with E-state index < -0.39 is 15.9 Å². The topological polar surface area (TPSA) is 62.4 Å². The highest BCUT2D eigenvalue weighted by molar-refractivity contribution is 7.80. The van der Waals surface area contributed by atoms with Gasteiger partial charge in [0, 0.05) is 5.69 Å². The van der Waals surface area contributed by atoms with Gasteiger partial charge in [-0.25, -0.2) is 0 Å². The Kier molecular flexibility index (Phi) is 8.46. The number of alkyl halides is 3. The standard InChI is InChI=1S/C18H17Cl4N3O2S/c1-2-27-12-9-7-11(8-10-12)23-17(28)25-16(18(20,21)22)24-15(26)13-5-3-4-6-14(13)19/h3-10,16H,2H2,1H3,(H,24,26)(H2,23,25,28)/t16-/m0/s1. The minimum Gasteiger partial charge on any atom is -0.494 e. The maximum atomic E-state index is 12.5. The highest BCUT2D eigenvalue weighted by Gasteiger charge is 2.35. The van der Waals surface area contributed by atoms with Gasteiger partial charge < -0.3 is 20.7 Å². The molecule has 2 aromatic rings. The zero-order valence-corrected chi connectivity index (χ0v) is 18.5. The van der Waals surface area contributed by atoms with Crippen molar-refractivity contribution in [3.8, 4) is 5.75 Å². The summed E-state index contributed by atoms with van der Waals surface area (Å²) in [6, 6.07) is 13.7. The van der Waals surface area contributed by atoms with Gasteiger partial charge >= 0.3 is 0 Å². The van der Waals surface area contributed by atoms with Gasteiger partial charge in [0.15, 0.2) is 5.11 Å². The quantitative estimate of drug-likeness (QED) is 0.303. The Labute approximate surface area is 188 Å². The lowest BCUT2D eigenvalue weighted by Gasteiger charge is -2.28. The molecule has 0 aliphatic heterocycles. The van der Waals surface area contributed by atoms with Gasteiger partial charge in [-0.1, -0.05) is 58.5 Å². The summed E-state index contributed by atoms with van der Waals surface area (Å²) in [5.41, 5.74) is 0.942. The van der Waals surface area contributed by atoms with Gasteiger partial charge in [-0.3, -0.25) is 4.79 Å². The third-order valence-corrected chi connectivity index (χ3v) is 4.62. The van der Waals surface area contributed by atoms with Crippen LogP contribution < -0.4 is 20.7 Å². The minimum atomic E-state index is -1.87. The fraction of sp³-hybridized carbons (Fsp3) is 0.222. The van der Waals surface area contributed by atoms with E-state index in [0.29, 0.717) is 12.3 Å². The molecule has 0 saturated carbocycles. The molecule has 3 N–H and O–H groups in total. The number of benzene rings is 2. The molecule has 0 heterocycles. The van der Waals surface area contributed by atoms with E-state index in [0.717, 1.165) is 5.75 Å². The zero-order chi connectivity index (χ0) is 20.7. The molecule has 0 fully saturated rings. The maximum absolute atomic E-state index is 12.5. The lowest BCUT2D eigenvalue weighted by atomic mass is 10.2. The molecule has 28 heavy (non-hydrogen) atoms. The molecular formula is C18H17Cl4N3O2S. The summed E-state index contributed by atoms with van der Waals surface area (Å²) < 4.78 is 3.51. The second-order valence-electron chi connectivity index (χ2n) is 5.48. The van der Waals surface area contributed by atoms with Gasteiger partial charge in [-0.05, 0) is 55.5 Å². The summed E-state index contributed by atoms with van der Waals surface area (Å²) >= 11 is 29.3. The second-order valence-corrected chi connectivity index (χ2v) is 8.67. The Morgan fingerprint density at radius 2 is 1.75 bits per heavy atom. The SMILES string of the molecule is CCOc1ccc(NC(=S)N[C@H](NC(=O)c2ccccc2Cl)C(Cl)(Cl)Cl)cc1. The van der Waals surface area contributed by atoms with Crippen LogP contribution in [0.4, 0.5) is 5.69 Å². The Balaban J connectivity index is 2.04. The summed E-state index contributed by atoms with van der Waals surface area (Å²) in [4.78, 5) is 12.5. The van der Waals surface area contributed by atoms with Crippen LogP contribution >= 0.6 is 58.6 Å². The molecule has 0 radical (unpaired) electrons. The number of hydrogen-bond acceptors (Lipinski definition) is 3. The second kappa shape index (κ2) is 10.4. The Morgan fingerprint density at radius 1 is 1.11 bits per heavy atom. The summed E-state index contributed by atoms with van der Waals surface area (Å²) in [7, 11) is 0. The molecule has 1 atom stereocenters. The lowest BCUT2D eigenvalue weighted by molar-refractivity contribution is 0.0934. The Hall–Kier alpha value is -1.44. The van der Waals surface area contributed by atoms with Crippen LogP contribution in [0.25, 0.3) is 0 Å². The Morgan fingerprint density at radius 3 is 2.32 bits per heavy atom. The number of hydrogen-bond donors (Lipinski definition) is 3. The van der Waals surface area contributed by atoms with Crippen LogP contribution in [0.2, 0.25) is 5.02 Å². The van der Waals surface area contributed by atoms with Gasteiger partial charge in [0.1, 0.15) is 11.9 Å². The predicted molar refractivity (Wildman–Crippen MR) is 120 cm³/mol. The van der Waals surface area contributed by atoms with Crippen molar-refractivity contribution in [2.45, 2.75) is 16.9 Å². The number of carbonyl (C=O) groups excluding carboxylic acids is 1. The van der Waals surface area contributed by atoms with Crippen LogP contribution in [-0.4, -0.2) is 27.6 Å². The molecule has 10 heteroatoms. The van der Waals surface area contributed by atoms with Gasteiger partial charge in [0.25, 0.3) is 5.91 Å². The fourth-order valence-electron chi connectivity index (χ4n) is 2.15. The van der Waals surface area contributed by atoms with Gasteiger partial charge in [-0.2, -0.15) is 0 Å². The first-order valence-electron chi connectivity index (χ1n) is 8.13. The monoisotopic (exact) mass is 479 g/mol. The molecule has 2 rings (SSSR count). The molecule has 5 nitrogen and oxygen atoms in total. The number of ether oxygens (including phenoxy) is 1. The van der Waals surface area contributed by atoms with Crippen molar-refractivity contribution >= 4 is 75.3 Å². The first-order chi connectivity index (χ1) is 13.2. The van der Waals surface area contributed by atoms with E-state index >= 15 is 0 Å². The van der Waals surface area contributed by atoms with Crippen molar-refractivity contribution in [1.29, 1.82) is 0 Å². The third-order valence-electron chi connectivity index (χ3n) is 3.42. The van der Waals surface area contributed by atoms with Crippen LogP contribution in [0.15, 0.2) is 48.5 Å². The molecule has 2 aromatic carbocycles. The molecule has 0 spiro atoms. The largest absolute Gasteiger partial charge is 0.494 e. The normalized spacial score (nSPS) is 12.0. The third kappa shape index (κ3) is 6.87. The number of carbonyl (C=O) groups is 1. The van der Waals surface area contributed by atoms with Gasteiger partial charge in [0.2, 0.25) is 3.79 Å². The molecule has 0 saturated heterocycles. The average molecular weight is 481 g/mol. The zero-order valence-electron chi connectivity index (χ0n) is 14.6. The van der Waals surface area contributed by atoms with Crippen LogP contribution in [0.5, 0.6) is 5.75 Å².